The number of aromatic nitrogens is 3. The maximum atomic E-state index is 12.2. The zero-order chi connectivity index (χ0) is 19.2. The fourth-order valence-corrected chi connectivity index (χ4v) is 3.47. The van der Waals surface area contributed by atoms with Crippen LogP contribution in [0, 0.1) is 6.92 Å². The third-order valence-electron chi connectivity index (χ3n) is 4.03. The molecular weight excluding hydrogens is 356 g/mol. The first-order valence-electron chi connectivity index (χ1n) is 8.73. The van der Waals surface area contributed by atoms with Crippen LogP contribution < -0.4 is 5.32 Å². The lowest BCUT2D eigenvalue weighted by Crippen LogP contribution is -2.31. The number of nitrogens with zero attached hydrogens (tertiary/aromatic N) is 3. The molecule has 0 aliphatic heterocycles. The van der Waals surface area contributed by atoms with Crippen LogP contribution in [0.2, 0.25) is 0 Å². The summed E-state index contributed by atoms with van der Waals surface area (Å²) in [4.78, 5) is 12.2. The molecule has 0 fully saturated rings. The molecule has 0 saturated carbocycles. The summed E-state index contributed by atoms with van der Waals surface area (Å²) in [7, 11) is 0. The molecule has 3 aromatic rings. The molecule has 0 spiro atoms. The number of hydrogen-bond acceptors (Lipinski definition) is 4. The summed E-state index contributed by atoms with van der Waals surface area (Å²) in [5.41, 5.74) is 3.12. The van der Waals surface area contributed by atoms with Crippen LogP contribution >= 0.6 is 11.8 Å². The van der Waals surface area contributed by atoms with Crippen molar-refractivity contribution in [1.82, 2.24) is 20.1 Å². The Morgan fingerprint density at radius 2 is 1.89 bits per heavy atom. The molecule has 0 aliphatic rings. The molecule has 6 heteroatoms. The Morgan fingerprint density at radius 1 is 1.19 bits per heavy atom. The smallest absolute Gasteiger partial charge is 0.233 e. The van der Waals surface area contributed by atoms with Crippen molar-refractivity contribution in [2.45, 2.75) is 24.3 Å². The Kier molecular flexibility index (Phi) is 6.08. The molecule has 1 amide bonds. The van der Waals surface area contributed by atoms with Gasteiger partial charge in [0.1, 0.15) is 0 Å². The molecule has 2 aromatic carbocycles. The Labute approximate surface area is 163 Å². The summed E-state index contributed by atoms with van der Waals surface area (Å²) >= 11 is 1.39. The van der Waals surface area contributed by atoms with Gasteiger partial charge in [-0.3, -0.25) is 9.36 Å². The average molecular weight is 379 g/mol. The van der Waals surface area contributed by atoms with Gasteiger partial charge < -0.3 is 5.32 Å². The lowest BCUT2D eigenvalue weighted by atomic mass is 10.2. The highest BCUT2D eigenvalue weighted by Crippen LogP contribution is 2.30. The van der Waals surface area contributed by atoms with E-state index in [2.05, 4.69) is 41.1 Å². The van der Waals surface area contributed by atoms with Gasteiger partial charge in [-0.1, -0.05) is 65.9 Å². The maximum absolute atomic E-state index is 12.2. The summed E-state index contributed by atoms with van der Waals surface area (Å²) in [5.74, 6) is 0.695. The molecule has 1 aromatic heterocycles. The molecular formula is C21H22N4OS. The molecule has 1 unspecified atom stereocenters. The highest BCUT2D eigenvalue weighted by Gasteiger charge is 2.21. The van der Waals surface area contributed by atoms with Crippen molar-refractivity contribution in [3.05, 3.63) is 72.8 Å². The largest absolute Gasteiger partial charge is 0.352 e. The number of carbonyl (C=O) groups excluding carboxylic acids is 1. The minimum absolute atomic E-state index is 0.0559. The van der Waals surface area contributed by atoms with E-state index in [-0.39, 0.29) is 11.2 Å². The number of benzene rings is 2. The molecule has 0 bridgehead atoms. The van der Waals surface area contributed by atoms with Crippen LogP contribution in [-0.2, 0) is 4.79 Å². The number of carbonyl (C=O) groups is 1. The average Bonchev–Trinajstić information content (AvgIpc) is 3.10. The number of nitrogens with one attached hydrogen (secondary N) is 1. The first-order valence-corrected chi connectivity index (χ1v) is 9.61. The van der Waals surface area contributed by atoms with E-state index >= 15 is 0 Å². The monoisotopic (exact) mass is 378 g/mol. The SMILES string of the molecule is C=CCNC(=O)C(C)Sc1nnc(-c2ccccc2)n1-c1ccc(C)cc1. The number of rotatable bonds is 7. The summed E-state index contributed by atoms with van der Waals surface area (Å²) < 4.78 is 2.00. The second kappa shape index (κ2) is 8.68. The lowest BCUT2D eigenvalue weighted by molar-refractivity contribution is -0.120. The molecule has 0 aliphatic carbocycles. The van der Waals surface area contributed by atoms with E-state index in [4.69, 9.17) is 0 Å². The summed E-state index contributed by atoms with van der Waals surface area (Å²) in [6, 6.07) is 18.1. The molecule has 0 saturated heterocycles. The number of aryl methyl sites for hydroxylation is 1. The Bertz CT molecular complexity index is 919. The first-order chi connectivity index (χ1) is 13.1. The van der Waals surface area contributed by atoms with Crippen molar-refractivity contribution in [1.29, 1.82) is 0 Å². The fraction of sp³-hybridized carbons (Fsp3) is 0.190. The first kappa shape index (κ1) is 18.9. The van der Waals surface area contributed by atoms with E-state index in [0.717, 1.165) is 17.1 Å². The Balaban J connectivity index is 1.99. The number of amides is 1. The van der Waals surface area contributed by atoms with E-state index < -0.39 is 0 Å². The third-order valence-corrected chi connectivity index (χ3v) is 5.07. The van der Waals surface area contributed by atoms with Gasteiger partial charge in [-0.15, -0.1) is 16.8 Å². The van der Waals surface area contributed by atoms with E-state index in [1.54, 1.807) is 6.08 Å². The number of thioether (sulfide) groups is 1. The van der Waals surface area contributed by atoms with Gasteiger partial charge in [-0.25, -0.2) is 0 Å². The van der Waals surface area contributed by atoms with Gasteiger partial charge >= 0.3 is 0 Å². The molecule has 27 heavy (non-hydrogen) atoms. The normalized spacial score (nSPS) is 11.8. The van der Waals surface area contributed by atoms with Crippen molar-refractivity contribution < 1.29 is 4.79 Å². The van der Waals surface area contributed by atoms with Crippen LogP contribution in [0.15, 0.2) is 72.4 Å². The lowest BCUT2D eigenvalue weighted by Gasteiger charge is -2.13. The zero-order valence-corrected chi connectivity index (χ0v) is 16.2. The predicted molar refractivity (Wildman–Crippen MR) is 110 cm³/mol. The Hall–Kier alpha value is -2.86. The van der Waals surface area contributed by atoms with Crippen LogP contribution in [0.3, 0.4) is 0 Å². The van der Waals surface area contributed by atoms with Crippen molar-refractivity contribution in [2.24, 2.45) is 0 Å². The van der Waals surface area contributed by atoms with Crippen molar-refractivity contribution in [2.75, 3.05) is 6.54 Å². The van der Waals surface area contributed by atoms with Crippen LogP contribution in [0.5, 0.6) is 0 Å². The standard InChI is InChI=1S/C21H22N4OS/c1-4-14-22-20(26)16(3)27-21-24-23-19(17-8-6-5-7-9-17)25(21)18-12-10-15(2)11-13-18/h4-13,16H,1,14H2,2-3H3,(H,22,26). The minimum Gasteiger partial charge on any atom is -0.352 e. The van der Waals surface area contributed by atoms with Gasteiger partial charge in [0, 0.05) is 17.8 Å². The molecule has 0 radical (unpaired) electrons. The summed E-state index contributed by atoms with van der Waals surface area (Å²) in [5, 5.41) is 12.0. The number of hydrogen-bond donors (Lipinski definition) is 1. The quantitative estimate of drug-likeness (QED) is 0.498. The van der Waals surface area contributed by atoms with E-state index in [0.29, 0.717) is 11.7 Å². The van der Waals surface area contributed by atoms with Crippen LogP contribution in [0.25, 0.3) is 17.1 Å². The maximum Gasteiger partial charge on any atom is 0.233 e. The summed E-state index contributed by atoms with van der Waals surface area (Å²) in [6.07, 6.45) is 1.66. The van der Waals surface area contributed by atoms with Crippen molar-refractivity contribution in [3.8, 4) is 17.1 Å². The van der Waals surface area contributed by atoms with Gasteiger partial charge in [-0.05, 0) is 26.0 Å². The van der Waals surface area contributed by atoms with Crippen LogP contribution in [0.1, 0.15) is 12.5 Å². The zero-order valence-electron chi connectivity index (χ0n) is 15.4. The second-order valence-corrected chi connectivity index (χ2v) is 7.45. The molecule has 138 valence electrons. The summed E-state index contributed by atoms with van der Waals surface area (Å²) in [6.45, 7) is 7.99. The van der Waals surface area contributed by atoms with Crippen LogP contribution in [-0.4, -0.2) is 32.5 Å². The van der Waals surface area contributed by atoms with Gasteiger partial charge in [0.2, 0.25) is 5.91 Å². The van der Waals surface area contributed by atoms with Crippen LogP contribution in [0.4, 0.5) is 0 Å². The topological polar surface area (TPSA) is 59.8 Å². The molecule has 1 heterocycles. The van der Waals surface area contributed by atoms with Gasteiger partial charge in [0.25, 0.3) is 0 Å². The van der Waals surface area contributed by atoms with Gasteiger partial charge in [0.05, 0.1) is 5.25 Å². The Morgan fingerprint density at radius 3 is 2.56 bits per heavy atom. The predicted octanol–water partition coefficient (Wildman–Crippen LogP) is 4.03. The third kappa shape index (κ3) is 4.46. The molecule has 1 atom stereocenters. The molecule has 3 rings (SSSR count). The minimum atomic E-state index is -0.304. The fourth-order valence-electron chi connectivity index (χ4n) is 2.58. The van der Waals surface area contributed by atoms with Crippen molar-refractivity contribution >= 4 is 17.7 Å². The van der Waals surface area contributed by atoms with Gasteiger partial charge in [-0.2, -0.15) is 0 Å². The highest BCUT2D eigenvalue weighted by molar-refractivity contribution is 8.00. The highest BCUT2D eigenvalue weighted by atomic mass is 32.2. The van der Waals surface area contributed by atoms with Gasteiger partial charge in [0.15, 0.2) is 11.0 Å². The van der Waals surface area contributed by atoms with E-state index in [1.807, 2.05) is 54.0 Å². The molecule has 5 nitrogen and oxygen atoms in total. The second-order valence-electron chi connectivity index (χ2n) is 6.14. The van der Waals surface area contributed by atoms with E-state index in [1.165, 1.54) is 17.3 Å². The van der Waals surface area contributed by atoms with Crippen molar-refractivity contribution in [3.63, 3.8) is 0 Å². The van der Waals surface area contributed by atoms with E-state index in [9.17, 15) is 4.79 Å². The molecule has 1 N–H and O–H groups in total.